The molecule has 5 nitrogen and oxygen atoms in total. The van der Waals surface area contributed by atoms with Crippen LogP contribution in [0, 0.1) is 24.9 Å². The SMILES string of the molecule is CC(C)(C)c1ccccc1-n1c(-c2[c-]ccc3c2oc2ncccc23)nc2ccccc21.[2H]C([2H])([2H])c1c[c-]c(-c2cc(C([2H])([2H])C(C)C)c([Si](C)(C)C)cn2)cc1.[Ir]. The maximum Gasteiger partial charge on any atom is 0.216 e. The number of imidazole rings is 1. The summed E-state index contributed by atoms with van der Waals surface area (Å²) in [6.07, 6.45) is 2.08. The Morgan fingerprint density at radius 1 is 0.907 bits per heavy atom. The van der Waals surface area contributed by atoms with Crippen LogP contribution < -0.4 is 5.19 Å². The number of fused-ring (bicyclic) bond motifs is 4. The largest absolute Gasteiger partial charge is 0.486 e. The third kappa shape index (κ3) is 7.90. The average Bonchev–Trinajstić information content (AvgIpc) is 3.76. The van der Waals surface area contributed by atoms with Crippen LogP contribution in [0.2, 0.25) is 19.6 Å². The topological polar surface area (TPSA) is 56.7 Å². The van der Waals surface area contributed by atoms with Crippen LogP contribution >= 0.6 is 0 Å². The van der Waals surface area contributed by atoms with Crippen molar-refractivity contribution in [2.24, 2.45) is 5.92 Å². The van der Waals surface area contributed by atoms with Crippen molar-refractivity contribution in [2.45, 2.75) is 72.9 Å². The molecule has 0 amide bonds. The molecule has 7 heteroatoms. The second kappa shape index (κ2) is 15.6. The van der Waals surface area contributed by atoms with Crippen LogP contribution in [0.25, 0.3) is 61.4 Å². The Balaban J connectivity index is 0.000000200. The molecule has 0 saturated heterocycles. The minimum Gasteiger partial charge on any atom is -0.486 e. The van der Waals surface area contributed by atoms with E-state index < -0.39 is 21.3 Å². The quantitative estimate of drug-likeness (QED) is 0.123. The molecule has 0 spiro atoms. The number of hydrogen-bond donors (Lipinski definition) is 0. The van der Waals surface area contributed by atoms with Crippen LogP contribution in [-0.2, 0) is 31.9 Å². The van der Waals surface area contributed by atoms with Crippen LogP contribution in [-0.4, -0.2) is 27.6 Å². The first-order valence-electron chi connectivity index (χ1n) is 20.6. The van der Waals surface area contributed by atoms with Gasteiger partial charge in [0.25, 0.3) is 0 Å². The molecular formula is C47H48IrN4OSi-2. The molecule has 4 aromatic heterocycles. The van der Waals surface area contributed by atoms with Crippen LogP contribution in [0.3, 0.4) is 0 Å². The monoisotopic (exact) mass is 910 g/mol. The summed E-state index contributed by atoms with van der Waals surface area (Å²) in [6.45, 7) is 14.9. The number of rotatable bonds is 6. The Kier molecular flexibility index (Phi) is 9.44. The molecule has 8 rings (SSSR count). The zero-order valence-electron chi connectivity index (χ0n) is 37.0. The summed E-state index contributed by atoms with van der Waals surface area (Å²) in [5.74, 6) is 0.641. The average molecular weight is 910 g/mol. The summed E-state index contributed by atoms with van der Waals surface area (Å²) in [7, 11) is -1.78. The summed E-state index contributed by atoms with van der Waals surface area (Å²) in [5, 5.41) is 3.03. The third-order valence-electron chi connectivity index (χ3n) is 9.19. The van der Waals surface area contributed by atoms with E-state index in [4.69, 9.17) is 16.3 Å². The Morgan fingerprint density at radius 2 is 1.69 bits per heavy atom. The van der Waals surface area contributed by atoms with Crippen molar-refractivity contribution in [3.8, 4) is 28.3 Å². The fourth-order valence-electron chi connectivity index (χ4n) is 6.70. The number of aromatic nitrogens is 4. The van der Waals surface area contributed by atoms with E-state index in [1.807, 2.05) is 50.2 Å². The van der Waals surface area contributed by atoms with E-state index >= 15 is 0 Å². The number of aryl methyl sites for hydroxylation is 1. The van der Waals surface area contributed by atoms with Gasteiger partial charge in [-0.2, -0.15) is 0 Å². The molecule has 0 atom stereocenters. The summed E-state index contributed by atoms with van der Waals surface area (Å²) in [5.41, 5.74) is 8.74. The predicted octanol–water partition coefficient (Wildman–Crippen LogP) is 11.7. The maximum absolute atomic E-state index is 8.59. The maximum atomic E-state index is 8.59. The van der Waals surface area contributed by atoms with Gasteiger partial charge >= 0.3 is 0 Å². The first-order valence-corrected chi connectivity index (χ1v) is 21.6. The second-order valence-corrected chi connectivity index (χ2v) is 20.8. The van der Waals surface area contributed by atoms with Crippen LogP contribution in [0.1, 0.15) is 58.2 Å². The van der Waals surface area contributed by atoms with Crippen LogP contribution in [0.4, 0.5) is 0 Å². The van der Waals surface area contributed by atoms with E-state index in [1.54, 1.807) is 24.5 Å². The molecule has 0 fully saturated rings. The van der Waals surface area contributed by atoms with Gasteiger partial charge in [-0.15, -0.1) is 53.6 Å². The molecule has 0 N–H and O–H groups in total. The van der Waals surface area contributed by atoms with Crippen molar-refractivity contribution in [3.05, 3.63) is 138 Å². The second-order valence-electron chi connectivity index (χ2n) is 15.7. The van der Waals surface area contributed by atoms with Crippen molar-refractivity contribution >= 4 is 46.4 Å². The summed E-state index contributed by atoms with van der Waals surface area (Å²) < 4.78 is 48.0. The van der Waals surface area contributed by atoms with Crippen molar-refractivity contribution in [3.63, 3.8) is 0 Å². The van der Waals surface area contributed by atoms with Crippen molar-refractivity contribution < 1.29 is 31.4 Å². The molecule has 8 aromatic rings. The zero-order chi connectivity index (χ0) is 41.8. The Morgan fingerprint density at radius 3 is 2.41 bits per heavy atom. The number of hydrogen-bond acceptors (Lipinski definition) is 4. The molecule has 0 aliphatic carbocycles. The summed E-state index contributed by atoms with van der Waals surface area (Å²) in [6, 6.07) is 37.7. The number of para-hydroxylation sites is 3. The fraction of sp³-hybridized carbons (Fsp3) is 0.255. The van der Waals surface area contributed by atoms with Crippen LogP contribution in [0.15, 0.2) is 114 Å². The van der Waals surface area contributed by atoms with Gasteiger partial charge in [-0.3, -0.25) is 4.98 Å². The van der Waals surface area contributed by atoms with E-state index in [0.29, 0.717) is 22.5 Å². The number of furan rings is 1. The van der Waals surface area contributed by atoms with E-state index in [2.05, 4.69) is 110 Å². The third-order valence-corrected chi connectivity index (χ3v) is 11.2. The minimum absolute atomic E-state index is 0. The standard InChI is InChI=1S/C28H22N3O.C19H26NSi.Ir/c1-28(2,3)21-13-4-6-15-23(21)31-24-16-7-5-14-22(24)30-26(31)20-11-8-10-18-19-12-9-17-29-27(19)32-25(18)20;1-14(2)11-17-12-18(16-9-7-15(3)8-10-16)20-13-19(17)21(4,5)6;/h4-10,12-17H,1-3H3;7-9,12-14H,11H2,1-6H3;/q2*-1;/i;3D3,11D2;. The molecule has 1 radical (unpaired) electrons. The van der Waals surface area contributed by atoms with Crippen LogP contribution in [0.5, 0.6) is 0 Å². The summed E-state index contributed by atoms with van der Waals surface area (Å²) >= 11 is 0. The Bertz CT molecular complexity index is 2760. The van der Waals surface area contributed by atoms with Crippen molar-refractivity contribution in [1.29, 1.82) is 0 Å². The van der Waals surface area contributed by atoms with Gasteiger partial charge in [0.05, 0.1) is 30.5 Å². The molecule has 0 aliphatic rings. The number of pyridine rings is 2. The molecule has 4 heterocycles. The van der Waals surface area contributed by atoms with Crippen molar-refractivity contribution in [2.75, 3.05) is 0 Å². The molecule has 54 heavy (non-hydrogen) atoms. The minimum atomic E-state index is -2.16. The van der Waals surface area contributed by atoms with E-state index in [0.717, 1.165) is 49.7 Å². The molecule has 277 valence electrons. The molecule has 0 unspecified atom stereocenters. The van der Waals surface area contributed by atoms with Gasteiger partial charge in [-0.25, -0.2) is 4.98 Å². The molecule has 0 saturated carbocycles. The number of benzene rings is 4. The Labute approximate surface area is 341 Å². The van der Waals surface area contributed by atoms with E-state index in [-0.39, 0.29) is 37.0 Å². The van der Waals surface area contributed by atoms with E-state index in [9.17, 15) is 0 Å². The first kappa shape index (κ1) is 32.7. The molecule has 4 aromatic carbocycles. The fourth-order valence-corrected chi connectivity index (χ4v) is 8.10. The van der Waals surface area contributed by atoms with E-state index in [1.165, 1.54) is 11.6 Å². The van der Waals surface area contributed by atoms with Gasteiger partial charge in [0.1, 0.15) is 0 Å². The van der Waals surface area contributed by atoms with Gasteiger partial charge in [0, 0.05) is 50.4 Å². The molecular weight excluding hydrogens is 857 g/mol. The molecule has 0 bridgehead atoms. The smallest absolute Gasteiger partial charge is 0.216 e. The van der Waals surface area contributed by atoms with Gasteiger partial charge in [0.15, 0.2) is 0 Å². The predicted molar refractivity (Wildman–Crippen MR) is 224 cm³/mol. The van der Waals surface area contributed by atoms with Gasteiger partial charge in [-0.05, 0) is 64.5 Å². The zero-order valence-corrected chi connectivity index (χ0v) is 35.4. The molecule has 0 aliphatic heterocycles. The van der Waals surface area contributed by atoms with Gasteiger partial charge < -0.3 is 14.0 Å². The van der Waals surface area contributed by atoms with Crippen molar-refractivity contribution in [1.82, 2.24) is 19.5 Å². The normalized spacial score (nSPS) is 13.8. The Hall–Kier alpha value is -4.68. The number of nitrogens with zero attached hydrogens (tertiary/aromatic N) is 4. The first-order chi connectivity index (χ1) is 27.3. The van der Waals surface area contributed by atoms with Gasteiger partial charge in [-0.1, -0.05) is 114 Å². The van der Waals surface area contributed by atoms with Gasteiger partial charge in [0.2, 0.25) is 5.71 Å². The summed E-state index contributed by atoms with van der Waals surface area (Å²) in [4.78, 5) is 14.0.